The molecule has 1 aliphatic heterocycles. The Morgan fingerprint density at radius 3 is 2.60 bits per heavy atom. The summed E-state index contributed by atoms with van der Waals surface area (Å²) >= 11 is 0. The van der Waals surface area contributed by atoms with Crippen molar-refractivity contribution in [1.29, 1.82) is 0 Å². The number of rotatable bonds is 11. The van der Waals surface area contributed by atoms with Crippen molar-refractivity contribution in [3.63, 3.8) is 0 Å². The topological polar surface area (TPSA) is 203 Å². The Hall–Kier alpha value is -4.29. The smallest absolute Gasteiger partial charge is 0.326 e. The van der Waals surface area contributed by atoms with E-state index in [4.69, 9.17) is 10.8 Å². The number of carbonyl (C=O) groups excluding carboxylic acids is 1. The minimum absolute atomic E-state index is 0.0509. The second kappa shape index (κ2) is 11.2. The fourth-order valence-corrected chi connectivity index (χ4v) is 3.84. The Bertz CT molecular complexity index is 1130. The molecule has 0 saturated carbocycles. The lowest BCUT2D eigenvalue weighted by Gasteiger charge is -2.38. The highest BCUT2D eigenvalue weighted by molar-refractivity contribution is 5.97. The normalized spacial score (nSPS) is 15.5. The number of hydrogen-bond acceptors (Lipinski definition) is 9. The van der Waals surface area contributed by atoms with Gasteiger partial charge < -0.3 is 36.8 Å². The molecule has 2 unspecified atom stereocenters. The molecule has 3 rings (SSSR count). The number of carboxylic acids is 2. The molecule has 1 aromatic heterocycles. The molecular formula is C22H29N7O6. The first-order valence-corrected chi connectivity index (χ1v) is 11.2. The van der Waals surface area contributed by atoms with Crippen molar-refractivity contribution < 1.29 is 24.6 Å². The fourth-order valence-electron chi connectivity index (χ4n) is 3.84. The summed E-state index contributed by atoms with van der Waals surface area (Å²) in [5.74, 6) is -2.54. The molecule has 8 N–H and O–H groups in total. The van der Waals surface area contributed by atoms with Crippen LogP contribution in [0.1, 0.15) is 36.5 Å². The standard InChI is InChI=1S/C22H29N7O6/c1-2-9-29-14(11-25-18-17(29)20(33)28-22(23)27-18)10-24-13-5-3-12(4-6-13)19(32)26-15(21(34)35)7-8-16(30)31/h3-6,14-15,24H,2,7-11H2,1H3,(H,26,32)(H,30,31)(H,34,35)(H4,23,25,27,28,33). The van der Waals surface area contributed by atoms with Crippen molar-refractivity contribution >= 4 is 41.0 Å². The second-order valence-corrected chi connectivity index (χ2v) is 8.13. The first-order chi connectivity index (χ1) is 16.7. The summed E-state index contributed by atoms with van der Waals surface area (Å²) in [5.41, 5.74) is 6.77. The van der Waals surface area contributed by atoms with Crippen LogP contribution in [0.4, 0.5) is 23.1 Å². The number of aliphatic carboxylic acids is 2. The van der Waals surface area contributed by atoms with Crippen molar-refractivity contribution in [3.05, 3.63) is 40.2 Å². The van der Waals surface area contributed by atoms with Crippen molar-refractivity contribution in [3.8, 4) is 0 Å². The fraction of sp³-hybridized carbons (Fsp3) is 0.409. The van der Waals surface area contributed by atoms with Crippen molar-refractivity contribution in [2.24, 2.45) is 0 Å². The number of hydrogen-bond donors (Lipinski definition) is 7. The van der Waals surface area contributed by atoms with Gasteiger partial charge in [-0.15, -0.1) is 0 Å². The summed E-state index contributed by atoms with van der Waals surface area (Å²) in [7, 11) is 0. The van der Waals surface area contributed by atoms with Crippen LogP contribution in [0.3, 0.4) is 0 Å². The van der Waals surface area contributed by atoms with Gasteiger partial charge in [0.15, 0.2) is 5.82 Å². The number of aromatic amines is 1. The van der Waals surface area contributed by atoms with E-state index in [-0.39, 0.29) is 36.0 Å². The molecule has 13 nitrogen and oxygen atoms in total. The summed E-state index contributed by atoms with van der Waals surface area (Å²) in [6, 6.07) is 5.11. The molecule has 0 aliphatic carbocycles. The van der Waals surface area contributed by atoms with E-state index in [9.17, 15) is 24.3 Å². The molecule has 1 aromatic carbocycles. The number of carboxylic acid groups (broad SMARTS) is 2. The number of fused-ring (bicyclic) bond motifs is 1. The number of carbonyl (C=O) groups is 3. The average Bonchev–Trinajstić information content (AvgIpc) is 2.80. The summed E-state index contributed by atoms with van der Waals surface area (Å²) < 4.78 is 0. The van der Waals surface area contributed by atoms with E-state index in [1.807, 2.05) is 11.8 Å². The first kappa shape index (κ1) is 25.3. The van der Waals surface area contributed by atoms with Gasteiger partial charge in [0.1, 0.15) is 11.7 Å². The monoisotopic (exact) mass is 487 g/mol. The van der Waals surface area contributed by atoms with E-state index in [1.165, 1.54) is 0 Å². The number of benzene rings is 1. The lowest BCUT2D eigenvalue weighted by Crippen LogP contribution is -2.50. The third-order valence-electron chi connectivity index (χ3n) is 5.55. The van der Waals surface area contributed by atoms with Crippen LogP contribution >= 0.6 is 0 Å². The van der Waals surface area contributed by atoms with Crippen molar-refractivity contribution in [2.75, 3.05) is 40.9 Å². The molecule has 1 aliphatic rings. The second-order valence-electron chi connectivity index (χ2n) is 8.13. The van der Waals surface area contributed by atoms with Gasteiger partial charge in [-0.25, -0.2) is 4.79 Å². The first-order valence-electron chi connectivity index (χ1n) is 11.2. The van der Waals surface area contributed by atoms with Crippen LogP contribution in [-0.2, 0) is 9.59 Å². The number of nitrogens with two attached hydrogens (primary N) is 1. The molecular weight excluding hydrogens is 458 g/mol. The predicted octanol–water partition coefficient (Wildman–Crippen LogP) is 0.523. The number of amides is 1. The van der Waals surface area contributed by atoms with Crippen molar-refractivity contribution in [2.45, 2.75) is 38.3 Å². The number of H-pyrrole nitrogens is 1. The zero-order chi connectivity index (χ0) is 25.5. The third-order valence-corrected chi connectivity index (χ3v) is 5.55. The maximum atomic E-state index is 12.5. The van der Waals surface area contributed by atoms with E-state index >= 15 is 0 Å². The zero-order valence-corrected chi connectivity index (χ0v) is 19.2. The molecule has 0 saturated heterocycles. The highest BCUT2D eigenvalue weighted by Crippen LogP contribution is 2.26. The van der Waals surface area contributed by atoms with Crippen LogP contribution in [0.2, 0.25) is 0 Å². The Morgan fingerprint density at radius 1 is 1.26 bits per heavy atom. The minimum Gasteiger partial charge on any atom is -0.481 e. The number of aromatic nitrogens is 2. The van der Waals surface area contributed by atoms with Gasteiger partial charge in [0.25, 0.3) is 11.5 Å². The van der Waals surface area contributed by atoms with Crippen LogP contribution in [0.25, 0.3) is 0 Å². The predicted molar refractivity (Wildman–Crippen MR) is 130 cm³/mol. The van der Waals surface area contributed by atoms with E-state index in [0.717, 1.165) is 12.1 Å². The maximum absolute atomic E-state index is 12.5. The van der Waals surface area contributed by atoms with Gasteiger partial charge in [0.05, 0.1) is 6.04 Å². The highest BCUT2D eigenvalue weighted by atomic mass is 16.4. The maximum Gasteiger partial charge on any atom is 0.326 e. The van der Waals surface area contributed by atoms with E-state index < -0.39 is 23.9 Å². The Kier molecular flexibility index (Phi) is 8.12. The molecule has 0 radical (unpaired) electrons. The van der Waals surface area contributed by atoms with Gasteiger partial charge in [-0.1, -0.05) is 6.92 Å². The number of nitrogens with zero attached hydrogens (tertiary/aromatic N) is 2. The summed E-state index contributed by atoms with van der Waals surface area (Å²) in [4.78, 5) is 55.6. The molecule has 2 atom stereocenters. The summed E-state index contributed by atoms with van der Waals surface area (Å²) in [5, 5.41) is 26.8. The van der Waals surface area contributed by atoms with E-state index in [1.54, 1.807) is 24.3 Å². The van der Waals surface area contributed by atoms with Crippen LogP contribution in [0.5, 0.6) is 0 Å². The number of anilines is 4. The molecule has 188 valence electrons. The highest BCUT2D eigenvalue weighted by Gasteiger charge is 2.29. The molecule has 1 amide bonds. The van der Waals surface area contributed by atoms with Crippen LogP contribution < -0.4 is 32.1 Å². The number of nitrogen functional groups attached to an aromatic ring is 1. The quantitative estimate of drug-likeness (QED) is 0.233. The SMILES string of the molecule is CCCN1c2c(nc(N)[nH]c2=O)NCC1CNc1ccc(C(=O)NC(CCC(=O)O)C(=O)O)cc1. The Labute approximate surface area is 200 Å². The van der Waals surface area contributed by atoms with Gasteiger partial charge in [-0.3, -0.25) is 19.4 Å². The lowest BCUT2D eigenvalue weighted by atomic mass is 10.1. The molecule has 0 bridgehead atoms. The van der Waals surface area contributed by atoms with Crippen LogP contribution in [0.15, 0.2) is 29.1 Å². The van der Waals surface area contributed by atoms with Crippen LogP contribution in [-0.4, -0.2) is 69.7 Å². The van der Waals surface area contributed by atoms with Crippen LogP contribution in [0, 0.1) is 0 Å². The molecule has 0 fully saturated rings. The number of nitrogens with one attached hydrogen (secondary N) is 4. The molecule has 2 aromatic rings. The molecule has 35 heavy (non-hydrogen) atoms. The summed E-state index contributed by atoms with van der Waals surface area (Å²) in [6.07, 6.45) is 0.242. The molecule has 13 heteroatoms. The lowest BCUT2D eigenvalue weighted by molar-refractivity contribution is -0.140. The summed E-state index contributed by atoms with van der Waals surface area (Å²) in [6.45, 7) is 3.72. The Morgan fingerprint density at radius 2 is 1.97 bits per heavy atom. The van der Waals surface area contributed by atoms with Gasteiger partial charge in [0.2, 0.25) is 5.95 Å². The van der Waals surface area contributed by atoms with E-state index in [2.05, 4.69) is 25.9 Å². The van der Waals surface area contributed by atoms with Gasteiger partial charge in [-0.05, 0) is 37.1 Å². The Balaban J connectivity index is 1.63. The zero-order valence-electron chi connectivity index (χ0n) is 19.2. The largest absolute Gasteiger partial charge is 0.481 e. The molecule has 2 heterocycles. The van der Waals surface area contributed by atoms with Gasteiger partial charge in [0, 0.05) is 37.3 Å². The van der Waals surface area contributed by atoms with E-state index in [0.29, 0.717) is 31.1 Å². The van der Waals surface area contributed by atoms with Gasteiger partial charge in [-0.2, -0.15) is 4.98 Å². The molecule has 0 spiro atoms. The average molecular weight is 488 g/mol. The minimum atomic E-state index is -1.30. The van der Waals surface area contributed by atoms with Gasteiger partial charge >= 0.3 is 11.9 Å². The third kappa shape index (κ3) is 6.40. The van der Waals surface area contributed by atoms with Crippen molar-refractivity contribution in [1.82, 2.24) is 15.3 Å².